The van der Waals surface area contributed by atoms with Crippen LogP contribution in [0.2, 0.25) is 0 Å². The maximum atomic E-state index is 12.2. The normalized spacial score (nSPS) is 24.5. The van der Waals surface area contributed by atoms with Crippen LogP contribution in [0, 0.1) is 0 Å². The Bertz CT molecular complexity index is 515. The van der Waals surface area contributed by atoms with Crippen molar-refractivity contribution in [2.24, 2.45) is 0 Å². The van der Waals surface area contributed by atoms with Gasteiger partial charge in [0.25, 0.3) is 5.91 Å². The minimum Gasteiger partial charge on any atom is -0.341 e. The zero-order valence-corrected chi connectivity index (χ0v) is 12.2. The summed E-state index contributed by atoms with van der Waals surface area (Å²) in [5.41, 5.74) is -0.868. The number of nitrogens with zero attached hydrogens (tertiary/aromatic N) is 2. The highest BCUT2D eigenvalue weighted by molar-refractivity contribution is 8.00. The monoisotopic (exact) mass is 312 g/mol. The minimum absolute atomic E-state index is 0.00994. The number of imide groups is 1. The van der Waals surface area contributed by atoms with Crippen molar-refractivity contribution in [1.29, 1.82) is 0 Å². The molecule has 0 bridgehead atoms. The highest BCUT2D eigenvalue weighted by atomic mass is 32.2. The van der Waals surface area contributed by atoms with Crippen LogP contribution in [-0.4, -0.2) is 70.4 Å². The molecule has 5 amide bonds. The molecule has 3 aliphatic heterocycles. The molecule has 0 unspecified atom stereocenters. The van der Waals surface area contributed by atoms with Crippen molar-refractivity contribution >= 4 is 35.5 Å². The molecule has 9 heteroatoms. The third-order valence-electron chi connectivity index (χ3n) is 4.14. The zero-order valence-electron chi connectivity index (χ0n) is 11.4. The molecule has 0 aliphatic carbocycles. The van der Waals surface area contributed by atoms with Crippen molar-refractivity contribution in [2.45, 2.75) is 18.4 Å². The fraction of sp³-hybridized carbons (Fsp3) is 0.667. The predicted octanol–water partition coefficient (Wildman–Crippen LogP) is -1.28. The molecule has 0 atom stereocenters. The van der Waals surface area contributed by atoms with Gasteiger partial charge in [-0.2, -0.15) is 0 Å². The van der Waals surface area contributed by atoms with E-state index in [2.05, 4.69) is 10.6 Å². The molecule has 0 aromatic carbocycles. The van der Waals surface area contributed by atoms with Crippen molar-refractivity contribution in [2.75, 3.05) is 31.3 Å². The zero-order chi connectivity index (χ0) is 15.0. The molecule has 3 rings (SSSR count). The number of hydrogen-bond acceptors (Lipinski definition) is 5. The number of rotatable bonds is 2. The Hall–Kier alpha value is -1.77. The second kappa shape index (κ2) is 5.21. The molecule has 3 saturated heterocycles. The van der Waals surface area contributed by atoms with E-state index < -0.39 is 11.6 Å². The van der Waals surface area contributed by atoms with Crippen LogP contribution in [0.3, 0.4) is 0 Å². The molecule has 1 spiro atoms. The lowest BCUT2D eigenvalue weighted by Crippen LogP contribution is -2.56. The fourth-order valence-corrected chi connectivity index (χ4v) is 3.73. The number of piperidine rings is 1. The largest absolute Gasteiger partial charge is 0.341 e. The summed E-state index contributed by atoms with van der Waals surface area (Å²) in [6, 6.07) is -0.473. The first-order valence-electron chi connectivity index (χ1n) is 6.77. The van der Waals surface area contributed by atoms with E-state index >= 15 is 0 Å². The van der Waals surface area contributed by atoms with Gasteiger partial charge in [0.2, 0.25) is 11.8 Å². The van der Waals surface area contributed by atoms with Crippen molar-refractivity contribution in [3.8, 4) is 0 Å². The van der Waals surface area contributed by atoms with Gasteiger partial charge in [0.1, 0.15) is 12.1 Å². The first-order valence-corrected chi connectivity index (χ1v) is 7.92. The smallest absolute Gasteiger partial charge is 0.322 e. The average Bonchev–Trinajstić information content (AvgIpc) is 2.95. The van der Waals surface area contributed by atoms with Gasteiger partial charge in [-0.05, 0) is 12.8 Å². The number of likely N-dealkylation sites (tertiary alicyclic amines) is 1. The second-order valence-electron chi connectivity index (χ2n) is 5.44. The molecule has 2 N–H and O–H groups in total. The fourth-order valence-electron chi connectivity index (χ4n) is 2.82. The molecule has 8 nitrogen and oxygen atoms in total. The Morgan fingerprint density at radius 1 is 1.24 bits per heavy atom. The van der Waals surface area contributed by atoms with Gasteiger partial charge in [-0.15, -0.1) is 11.8 Å². The summed E-state index contributed by atoms with van der Waals surface area (Å²) in [7, 11) is 0. The van der Waals surface area contributed by atoms with Crippen LogP contribution in [0.4, 0.5) is 4.79 Å². The maximum Gasteiger partial charge on any atom is 0.322 e. The molecule has 21 heavy (non-hydrogen) atoms. The van der Waals surface area contributed by atoms with E-state index in [4.69, 9.17) is 0 Å². The number of hydrogen-bond donors (Lipinski definition) is 2. The quantitative estimate of drug-likeness (QED) is 0.619. The third kappa shape index (κ3) is 2.57. The lowest BCUT2D eigenvalue weighted by atomic mass is 9.87. The Balaban J connectivity index is 1.56. The van der Waals surface area contributed by atoms with Crippen LogP contribution >= 0.6 is 11.8 Å². The van der Waals surface area contributed by atoms with Crippen LogP contribution < -0.4 is 10.6 Å². The summed E-state index contributed by atoms with van der Waals surface area (Å²) in [5.74, 6) is 0.559. The van der Waals surface area contributed by atoms with Crippen LogP contribution in [0.25, 0.3) is 0 Å². The molecule has 3 fully saturated rings. The van der Waals surface area contributed by atoms with Crippen LogP contribution in [-0.2, 0) is 14.4 Å². The van der Waals surface area contributed by atoms with Crippen molar-refractivity contribution in [3.63, 3.8) is 0 Å². The van der Waals surface area contributed by atoms with Crippen LogP contribution in [0.1, 0.15) is 12.8 Å². The van der Waals surface area contributed by atoms with E-state index in [1.54, 1.807) is 9.80 Å². The van der Waals surface area contributed by atoms with E-state index in [1.165, 1.54) is 11.8 Å². The first kappa shape index (κ1) is 14.2. The van der Waals surface area contributed by atoms with E-state index in [1.807, 2.05) is 0 Å². The number of nitrogens with one attached hydrogen (secondary N) is 2. The Labute approximate surface area is 125 Å². The highest BCUT2D eigenvalue weighted by Crippen LogP contribution is 2.25. The summed E-state index contributed by atoms with van der Waals surface area (Å²) in [6.45, 7) is 0.904. The van der Waals surface area contributed by atoms with E-state index in [0.29, 0.717) is 37.6 Å². The number of amides is 5. The minimum atomic E-state index is -0.868. The van der Waals surface area contributed by atoms with Crippen molar-refractivity contribution in [3.05, 3.63) is 0 Å². The van der Waals surface area contributed by atoms with Crippen LogP contribution in [0.15, 0.2) is 0 Å². The van der Waals surface area contributed by atoms with Gasteiger partial charge in [-0.1, -0.05) is 0 Å². The first-order chi connectivity index (χ1) is 10.00. The molecule has 0 radical (unpaired) electrons. The molecule has 0 aromatic heterocycles. The molecule has 0 aromatic rings. The standard InChI is InChI=1S/C12H16N4O4S/c17-8(5-16-7-21-6-9(16)18)15-3-1-12(2-4-15)10(19)13-11(20)14-12/h1-7H2,(H2,13,14,19,20). The Morgan fingerprint density at radius 3 is 2.48 bits per heavy atom. The molecular formula is C12H16N4O4S. The summed E-state index contributed by atoms with van der Waals surface area (Å²) >= 11 is 1.50. The topological polar surface area (TPSA) is 98.8 Å². The number of carbonyl (C=O) groups excluding carboxylic acids is 4. The summed E-state index contributed by atoms with van der Waals surface area (Å²) in [4.78, 5) is 49.9. The molecule has 114 valence electrons. The van der Waals surface area contributed by atoms with Crippen molar-refractivity contribution in [1.82, 2.24) is 20.4 Å². The van der Waals surface area contributed by atoms with Crippen molar-refractivity contribution < 1.29 is 19.2 Å². The van der Waals surface area contributed by atoms with Gasteiger partial charge in [0, 0.05) is 13.1 Å². The molecular weight excluding hydrogens is 296 g/mol. The van der Waals surface area contributed by atoms with Gasteiger partial charge in [0.15, 0.2) is 0 Å². The summed E-state index contributed by atoms with van der Waals surface area (Å²) in [5, 5.41) is 4.89. The summed E-state index contributed by atoms with van der Waals surface area (Å²) in [6.07, 6.45) is 0.804. The van der Waals surface area contributed by atoms with Gasteiger partial charge in [-0.25, -0.2) is 4.79 Å². The maximum absolute atomic E-state index is 12.2. The second-order valence-corrected chi connectivity index (χ2v) is 6.40. The van der Waals surface area contributed by atoms with Gasteiger partial charge in [0.05, 0.1) is 11.6 Å². The van der Waals surface area contributed by atoms with E-state index in [0.717, 1.165) is 0 Å². The van der Waals surface area contributed by atoms with E-state index in [9.17, 15) is 19.2 Å². The van der Waals surface area contributed by atoms with Gasteiger partial charge in [-0.3, -0.25) is 19.7 Å². The third-order valence-corrected chi connectivity index (χ3v) is 5.08. The number of carbonyl (C=O) groups is 4. The van der Waals surface area contributed by atoms with Gasteiger partial charge < -0.3 is 15.1 Å². The predicted molar refractivity (Wildman–Crippen MR) is 74.3 cm³/mol. The lowest BCUT2D eigenvalue weighted by Gasteiger charge is -2.37. The molecule has 3 aliphatic rings. The molecule has 0 saturated carbocycles. The average molecular weight is 312 g/mol. The molecule has 3 heterocycles. The lowest BCUT2D eigenvalue weighted by molar-refractivity contribution is -0.140. The Morgan fingerprint density at radius 2 is 1.95 bits per heavy atom. The number of thioether (sulfide) groups is 1. The van der Waals surface area contributed by atoms with Crippen LogP contribution in [0.5, 0.6) is 0 Å². The number of urea groups is 1. The summed E-state index contributed by atoms with van der Waals surface area (Å²) < 4.78 is 0. The van der Waals surface area contributed by atoms with Gasteiger partial charge >= 0.3 is 6.03 Å². The SMILES string of the molecule is O=C1NC(=O)C2(CCN(C(=O)CN3CSCC3=O)CC2)N1. The highest BCUT2D eigenvalue weighted by Gasteiger charge is 2.48. The Kier molecular flexibility index (Phi) is 3.52. The van der Waals surface area contributed by atoms with E-state index in [-0.39, 0.29) is 24.3 Å².